The first-order valence-corrected chi connectivity index (χ1v) is 7.52. The Morgan fingerprint density at radius 2 is 1.65 bits per heavy atom. The minimum Gasteiger partial charge on any atom is -0.488 e. The summed E-state index contributed by atoms with van der Waals surface area (Å²) in [6, 6.07) is 4.28. The molecule has 1 aromatic rings. The molecule has 1 aliphatic heterocycles. The van der Waals surface area contributed by atoms with Crippen molar-refractivity contribution >= 4 is 0 Å². The predicted molar refractivity (Wildman–Crippen MR) is 86.1 cm³/mol. The molecule has 1 aliphatic rings. The van der Waals surface area contributed by atoms with E-state index in [0.29, 0.717) is 12.1 Å². The summed E-state index contributed by atoms with van der Waals surface area (Å²) in [4.78, 5) is 3.36. The molecule has 1 atom stereocenters. The van der Waals surface area contributed by atoms with Crippen molar-refractivity contribution < 1.29 is 17.9 Å². The minimum atomic E-state index is -1.83. The average molecular weight is 357 g/mol. The third-order valence-electron chi connectivity index (χ3n) is 4.03. The van der Waals surface area contributed by atoms with Crippen LogP contribution in [-0.2, 0) is 10.3 Å². The molecule has 0 aliphatic carbocycles. The standard InChI is InChI=1S/C19H14F3N3O/c1-18(2,3)17-15(25-5)16(10(8-23)9-24)26-19(17,4)14-12(21)6-11(20)7-13(14)22/h6-7H,1-4H3. The van der Waals surface area contributed by atoms with Gasteiger partial charge in [-0.3, -0.25) is 0 Å². The van der Waals surface area contributed by atoms with Crippen molar-refractivity contribution in [3.05, 3.63) is 69.2 Å². The molecule has 4 nitrogen and oxygen atoms in total. The van der Waals surface area contributed by atoms with Gasteiger partial charge in [-0.1, -0.05) is 20.8 Å². The number of nitriles is 2. The largest absolute Gasteiger partial charge is 0.488 e. The molecule has 0 N–H and O–H groups in total. The summed E-state index contributed by atoms with van der Waals surface area (Å²) < 4.78 is 48.0. The lowest BCUT2D eigenvalue weighted by Gasteiger charge is -2.36. The Balaban J connectivity index is 2.98. The lowest BCUT2D eigenvalue weighted by Crippen LogP contribution is -2.33. The van der Waals surface area contributed by atoms with Gasteiger partial charge in [0.05, 0.1) is 12.1 Å². The molecule has 1 heterocycles. The molecule has 0 saturated heterocycles. The van der Waals surface area contributed by atoms with Crippen LogP contribution in [0.2, 0.25) is 0 Å². The van der Waals surface area contributed by atoms with Gasteiger partial charge in [-0.2, -0.15) is 10.5 Å². The number of hydrogen-bond donors (Lipinski definition) is 0. The lowest BCUT2D eigenvalue weighted by atomic mass is 9.73. The normalized spacial score (nSPS) is 19.5. The van der Waals surface area contributed by atoms with E-state index in [2.05, 4.69) is 4.85 Å². The maximum atomic E-state index is 14.5. The number of allylic oxidation sites excluding steroid dienone is 1. The molecule has 1 unspecified atom stereocenters. The minimum absolute atomic E-state index is 0.152. The Morgan fingerprint density at radius 3 is 2.04 bits per heavy atom. The maximum absolute atomic E-state index is 14.5. The van der Waals surface area contributed by atoms with Crippen LogP contribution in [-0.4, -0.2) is 0 Å². The zero-order chi connectivity index (χ0) is 19.9. The molecule has 0 fully saturated rings. The molecule has 0 aromatic heterocycles. The van der Waals surface area contributed by atoms with Crippen molar-refractivity contribution in [1.29, 1.82) is 10.5 Å². The van der Waals surface area contributed by atoms with Gasteiger partial charge < -0.3 is 4.74 Å². The number of benzene rings is 1. The molecule has 0 bridgehead atoms. The van der Waals surface area contributed by atoms with Gasteiger partial charge in [0.1, 0.15) is 35.2 Å². The van der Waals surface area contributed by atoms with Crippen LogP contribution >= 0.6 is 0 Å². The van der Waals surface area contributed by atoms with Gasteiger partial charge in [0, 0.05) is 12.1 Å². The number of rotatable bonds is 1. The molecular weight excluding hydrogens is 343 g/mol. The molecular formula is C19H14F3N3O. The molecule has 0 spiro atoms. The highest BCUT2D eigenvalue weighted by atomic mass is 19.1. The summed E-state index contributed by atoms with van der Waals surface area (Å²) in [7, 11) is 0. The fourth-order valence-electron chi connectivity index (χ4n) is 3.29. The van der Waals surface area contributed by atoms with Crippen LogP contribution in [0.3, 0.4) is 0 Å². The molecule has 0 saturated carbocycles. The smallest absolute Gasteiger partial charge is 0.234 e. The summed E-state index contributed by atoms with van der Waals surface area (Å²) in [5, 5.41) is 18.3. The van der Waals surface area contributed by atoms with Gasteiger partial charge in [0.15, 0.2) is 11.3 Å². The van der Waals surface area contributed by atoms with Crippen molar-refractivity contribution in [3.63, 3.8) is 0 Å². The molecule has 1 aromatic carbocycles. The fourth-order valence-corrected chi connectivity index (χ4v) is 3.29. The first-order valence-electron chi connectivity index (χ1n) is 7.52. The highest BCUT2D eigenvalue weighted by molar-refractivity contribution is 5.58. The van der Waals surface area contributed by atoms with Gasteiger partial charge in [-0.25, -0.2) is 18.0 Å². The maximum Gasteiger partial charge on any atom is 0.234 e. The number of ether oxygens (including phenoxy) is 1. The number of hydrogen-bond acceptors (Lipinski definition) is 3. The lowest BCUT2D eigenvalue weighted by molar-refractivity contribution is 0.0515. The van der Waals surface area contributed by atoms with Gasteiger partial charge in [0.25, 0.3) is 0 Å². The molecule has 2 rings (SSSR count). The Kier molecular flexibility index (Phi) is 4.58. The molecule has 0 amide bonds. The van der Waals surface area contributed by atoms with E-state index >= 15 is 0 Å². The zero-order valence-electron chi connectivity index (χ0n) is 14.5. The molecule has 7 heteroatoms. The second-order valence-corrected chi connectivity index (χ2v) is 6.89. The molecule has 132 valence electrons. The topological polar surface area (TPSA) is 61.2 Å². The zero-order valence-corrected chi connectivity index (χ0v) is 14.5. The Morgan fingerprint density at radius 1 is 1.15 bits per heavy atom. The molecule has 0 radical (unpaired) electrons. The van der Waals surface area contributed by atoms with Gasteiger partial charge in [0.2, 0.25) is 5.70 Å². The van der Waals surface area contributed by atoms with Crippen LogP contribution in [0.25, 0.3) is 4.85 Å². The average Bonchev–Trinajstić information content (AvgIpc) is 2.80. The third kappa shape index (κ3) is 2.80. The van der Waals surface area contributed by atoms with Gasteiger partial charge in [-0.15, -0.1) is 0 Å². The van der Waals surface area contributed by atoms with E-state index in [1.165, 1.54) is 6.92 Å². The van der Waals surface area contributed by atoms with Crippen LogP contribution < -0.4 is 0 Å². The van der Waals surface area contributed by atoms with E-state index in [-0.39, 0.29) is 17.0 Å². The summed E-state index contributed by atoms with van der Waals surface area (Å²) in [6.07, 6.45) is 0. The first kappa shape index (κ1) is 19.1. The second-order valence-electron chi connectivity index (χ2n) is 6.89. The SMILES string of the molecule is [C-]#[N+]C1=C(C(C)(C)C)C(C)(c2c(F)cc(F)cc2F)OC1=C(C#N)C#N. The summed E-state index contributed by atoms with van der Waals surface area (Å²) in [6.45, 7) is 13.9. The highest BCUT2D eigenvalue weighted by Crippen LogP contribution is 2.54. The van der Waals surface area contributed by atoms with E-state index in [9.17, 15) is 13.2 Å². The van der Waals surface area contributed by atoms with E-state index in [0.717, 1.165) is 0 Å². The van der Waals surface area contributed by atoms with Crippen molar-refractivity contribution in [2.75, 3.05) is 0 Å². The van der Waals surface area contributed by atoms with Gasteiger partial charge in [-0.05, 0) is 17.9 Å². The highest BCUT2D eigenvalue weighted by Gasteiger charge is 2.51. The van der Waals surface area contributed by atoms with E-state index in [4.69, 9.17) is 21.8 Å². The third-order valence-corrected chi connectivity index (χ3v) is 4.03. The first-order chi connectivity index (χ1) is 12.0. The van der Waals surface area contributed by atoms with Crippen LogP contribution in [0.1, 0.15) is 33.3 Å². The quantitative estimate of drug-likeness (QED) is 0.532. The fraction of sp³-hybridized carbons (Fsp3) is 0.316. The second kappa shape index (κ2) is 6.24. The monoisotopic (exact) mass is 357 g/mol. The van der Waals surface area contributed by atoms with Gasteiger partial charge >= 0.3 is 0 Å². The Labute approximate surface area is 149 Å². The van der Waals surface area contributed by atoms with Crippen LogP contribution in [0.4, 0.5) is 13.2 Å². The van der Waals surface area contributed by atoms with Crippen molar-refractivity contribution in [1.82, 2.24) is 0 Å². The van der Waals surface area contributed by atoms with Crippen molar-refractivity contribution in [2.24, 2.45) is 5.41 Å². The van der Waals surface area contributed by atoms with Crippen molar-refractivity contribution in [3.8, 4) is 12.1 Å². The Hall–Kier alpha value is -3.24. The van der Waals surface area contributed by atoms with E-state index in [1.54, 1.807) is 32.9 Å². The van der Waals surface area contributed by atoms with E-state index < -0.39 is 39.6 Å². The predicted octanol–water partition coefficient (Wildman–Crippen LogP) is 4.87. The summed E-state index contributed by atoms with van der Waals surface area (Å²) in [5.74, 6) is -3.80. The van der Waals surface area contributed by atoms with Crippen LogP contribution in [0, 0.1) is 52.1 Å². The van der Waals surface area contributed by atoms with Crippen molar-refractivity contribution in [2.45, 2.75) is 33.3 Å². The van der Waals surface area contributed by atoms with Crippen LogP contribution in [0.15, 0.2) is 34.7 Å². The number of halogens is 3. The molecule has 26 heavy (non-hydrogen) atoms. The summed E-state index contributed by atoms with van der Waals surface area (Å²) in [5.41, 5.74) is -3.66. The van der Waals surface area contributed by atoms with Crippen LogP contribution in [0.5, 0.6) is 0 Å². The van der Waals surface area contributed by atoms with E-state index in [1.807, 2.05) is 0 Å². The summed E-state index contributed by atoms with van der Waals surface area (Å²) >= 11 is 0. The Bertz CT molecular complexity index is 942. The number of nitrogens with zero attached hydrogens (tertiary/aromatic N) is 3.